The molecule has 0 bridgehead atoms. The van der Waals surface area contributed by atoms with Crippen molar-refractivity contribution in [3.05, 3.63) is 60.2 Å². The molecular weight excluding hydrogens is 252 g/mol. The Morgan fingerprint density at radius 1 is 1.00 bits per heavy atom. The Hall–Kier alpha value is -1.54. The van der Waals surface area contributed by atoms with E-state index in [-0.39, 0.29) is 5.12 Å². The van der Waals surface area contributed by atoms with E-state index in [0.717, 1.165) is 6.42 Å². The van der Waals surface area contributed by atoms with Gasteiger partial charge in [-0.2, -0.15) is 0 Å². The fourth-order valence-electron chi connectivity index (χ4n) is 2.12. The Morgan fingerprint density at radius 3 is 2.16 bits per heavy atom. The highest BCUT2D eigenvalue weighted by Crippen LogP contribution is 2.21. The van der Waals surface area contributed by atoms with Crippen molar-refractivity contribution in [3.63, 3.8) is 0 Å². The monoisotopic (exact) mass is 270 g/mol. The van der Waals surface area contributed by atoms with E-state index >= 15 is 0 Å². The number of carbonyl (C=O) groups excluding carboxylic acids is 1. The minimum absolute atomic E-state index is 0.188. The van der Waals surface area contributed by atoms with Gasteiger partial charge in [-0.15, -0.1) is 0 Å². The summed E-state index contributed by atoms with van der Waals surface area (Å²) in [5.41, 5.74) is 3.75. The van der Waals surface area contributed by atoms with Crippen LogP contribution in [0.4, 0.5) is 0 Å². The highest BCUT2D eigenvalue weighted by molar-refractivity contribution is 8.14. The third-order valence-corrected chi connectivity index (χ3v) is 3.85. The molecule has 0 aliphatic carbocycles. The van der Waals surface area contributed by atoms with Crippen LogP contribution < -0.4 is 0 Å². The van der Waals surface area contributed by atoms with E-state index in [0.29, 0.717) is 5.25 Å². The molecule has 98 valence electrons. The van der Waals surface area contributed by atoms with E-state index in [1.54, 1.807) is 6.92 Å². The number of carbonyl (C=O) groups is 1. The second kappa shape index (κ2) is 6.58. The van der Waals surface area contributed by atoms with Gasteiger partial charge >= 0.3 is 0 Å². The SMILES string of the molecule is CC(=O)SC(C)Cc1ccc(-c2ccccc2)cc1. The van der Waals surface area contributed by atoms with Gasteiger partial charge in [-0.3, -0.25) is 4.79 Å². The molecule has 2 heteroatoms. The average molecular weight is 270 g/mol. The van der Waals surface area contributed by atoms with Gasteiger partial charge in [-0.05, 0) is 23.1 Å². The first-order chi connectivity index (χ1) is 9.15. The van der Waals surface area contributed by atoms with E-state index in [9.17, 15) is 4.79 Å². The summed E-state index contributed by atoms with van der Waals surface area (Å²) in [5, 5.41) is 0.522. The van der Waals surface area contributed by atoms with Crippen LogP contribution in [-0.4, -0.2) is 10.4 Å². The number of hydrogen-bond acceptors (Lipinski definition) is 2. The fraction of sp³-hybridized carbons (Fsp3) is 0.235. The van der Waals surface area contributed by atoms with Crippen molar-refractivity contribution in [2.75, 3.05) is 0 Å². The molecule has 2 aromatic carbocycles. The van der Waals surface area contributed by atoms with Crippen LogP contribution >= 0.6 is 11.8 Å². The number of hydrogen-bond donors (Lipinski definition) is 0. The molecule has 0 N–H and O–H groups in total. The van der Waals surface area contributed by atoms with Crippen LogP contribution in [0.25, 0.3) is 11.1 Å². The molecule has 1 atom stereocenters. The van der Waals surface area contributed by atoms with Crippen molar-refractivity contribution in [2.24, 2.45) is 0 Å². The van der Waals surface area contributed by atoms with Crippen LogP contribution in [0.2, 0.25) is 0 Å². The van der Waals surface area contributed by atoms with Crippen LogP contribution in [0.1, 0.15) is 19.4 Å². The average Bonchev–Trinajstić information content (AvgIpc) is 2.39. The first kappa shape index (κ1) is 13.9. The summed E-state index contributed by atoms with van der Waals surface area (Å²) < 4.78 is 0. The standard InChI is InChI=1S/C17H18OS/c1-13(19-14(2)18)12-15-8-10-17(11-9-15)16-6-4-3-5-7-16/h3-11,13H,12H2,1-2H3. The van der Waals surface area contributed by atoms with Gasteiger partial charge in [-0.1, -0.05) is 73.3 Å². The molecule has 1 nitrogen and oxygen atoms in total. The van der Waals surface area contributed by atoms with Crippen LogP contribution in [-0.2, 0) is 11.2 Å². The summed E-state index contributed by atoms with van der Waals surface area (Å²) in [5.74, 6) is 0. The van der Waals surface area contributed by atoms with Crippen LogP contribution in [0.3, 0.4) is 0 Å². The molecule has 0 aliphatic heterocycles. The summed E-state index contributed by atoms with van der Waals surface area (Å²) >= 11 is 1.41. The van der Waals surface area contributed by atoms with Gasteiger partial charge in [0.05, 0.1) is 0 Å². The van der Waals surface area contributed by atoms with Crippen molar-refractivity contribution in [1.82, 2.24) is 0 Å². The lowest BCUT2D eigenvalue weighted by atomic mass is 10.0. The Kier molecular flexibility index (Phi) is 4.80. The van der Waals surface area contributed by atoms with Crippen molar-refractivity contribution in [2.45, 2.75) is 25.5 Å². The predicted molar refractivity (Wildman–Crippen MR) is 83.3 cm³/mol. The van der Waals surface area contributed by atoms with E-state index in [4.69, 9.17) is 0 Å². The summed E-state index contributed by atoms with van der Waals surface area (Å²) in [6.07, 6.45) is 0.930. The molecule has 2 rings (SSSR count). The lowest BCUT2D eigenvalue weighted by molar-refractivity contribution is -0.109. The summed E-state index contributed by atoms with van der Waals surface area (Å²) in [6.45, 7) is 3.72. The van der Waals surface area contributed by atoms with Crippen molar-refractivity contribution in [1.29, 1.82) is 0 Å². The number of benzene rings is 2. The first-order valence-corrected chi connectivity index (χ1v) is 7.34. The van der Waals surface area contributed by atoms with Crippen LogP contribution in [0, 0.1) is 0 Å². The van der Waals surface area contributed by atoms with Crippen molar-refractivity contribution >= 4 is 16.9 Å². The highest BCUT2D eigenvalue weighted by atomic mass is 32.2. The Labute approximate surface area is 119 Å². The Balaban J connectivity index is 2.05. The molecule has 0 spiro atoms. The second-order valence-electron chi connectivity index (χ2n) is 4.69. The lowest BCUT2D eigenvalue weighted by Gasteiger charge is -2.09. The minimum Gasteiger partial charge on any atom is -0.288 e. The quantitative estimate of drug-likeness (QED) is 0.810. The van der Waals surface area contributed by atoms with Crippen LogP contribution in [0.15, 0.2) is 54.6 Å². The molecule has 2 aromatic rings. The van der Waals surface area contributed by atoms with E-state index in [1.807, 2.05) is 6.07 Å². The molecule has 0 radical (unpaired) electrons. The molecule has 19 heavy (non-hydrogen) atoms. The molecule has 0 heterocycles. The fourth-order valence-corrected chi connectivity index (χ4v) is 2.96. The minimum atomic E-state index is 0.188. The summed E-state index contributed by atoms with van der Waals surface area (Å²) in [6, 6.07) is 19.0. The summed E-state index contributed by atoms with van der Waals surface area (Å²) in [4.78, 5) is 11.0. The summed E-state index contributed by atoms with van der Waals surface area (Å²) in [7, 11) is 0. The predicted octanol–water partition coefficient (Wildman–Crippen LogP) is 4.56. The largest absolute Gasteiger partial charge is 0.288 e. The highest BCUT2D eigenvalue weighted by Gasteiger charge is 2.07. The third-order valence-electron chi connectivity index (χ3n) is 2.95. The van der Waals surface area contributed by atoms with Gasteiger partial charge in [-0.25, -0.2) is 0 Å². The number of rotatable bonds is 4. The van der Waals surface area contributed by atoms with E-state index in [2.05, 4.69) is 55.5 Å². The Morgan fingerprint density at radius 2 is 1.58 bits per heavy atom. The first-order valence-electron chi connectivity index (χ1n) is 6.47. The molecule has 0 fully saturated rings. The maximum Gasteiger partial charge on any atom is 0.186 e. The normalized spacial score (nSPS) is 12.1. The maximum absolute atomic E-state index is 11.0. The molecule has 0 amide bonds. The van der Waals surface area contributed by atoms with Gasteiger partial charge in [0.1, 0.15) is 0 Å². The van der Waals surface area contributed by atoms with Gasteiger partial charge in [0.2, 0.25) is 0 Å². The molecule has 1 unspecified atom stereocenters. The van der Waals surface area contributed by atoms with Gasteiger partial charge < -0.3 is 0 Å². The van der Waals surface area contributed by atoms with E-state index in [1.165, 1.54) is 28.5 Å². The zero-order chi connectivity index (χ0) is 13.7. The zero-order valence-corrected chi connectivity index (χ0v) is 12.1. The van der Waals surface area contributed by atoms with Crippen molar-refractivity contribution < 1.29 is 4.79 Å². The Bertz CT molecular complexity index is 531. The lowest BCUT2D eigenvalue weighted by Crippen LogP contribution is -2.03. The molecule has 0 aliphatic rings. The molecular formula is C17H18OS. The third kappa shape index (κ3) is 4.25. The maximum atomic E-state index is 11.0. The van der Waals surface area contributed by atoms with Gasteiger partial charge in [0.15, 0.2) is 5.12 Å². The molecule has 0 saturated carbocycles. The van der Waals surface area contributed by atoms with Crippen LogP contribution in [0.5, 0.6) is 0 Å². The van der Waals surface area contributed by atoms with Gasteiger partial charge in [0.25, 0.3) is 0 Å². The second-order valence-corrected chi connectivity index (χ2v) is 6.30. The van der Waals surface area contributed by atoms with Crippen molar-refractivity contribution in [3.8, 4) is 11.1 Å². The van der Waals surface area contributed by atoms with E-state index < -0.39 is 0 Å². The smallest absolute Gasteiger partial charge is 0.186 e. The molecule has 0 aromatic heterocycles. The topological polar surface area (TPSA) is 17.1 Å². The zero-order valence-electron chi connectivity index (χ0n) is 11.3. The number of thioether (sulfide) groups is 1. The van der Waals surface area contributed by atoms with Gasteiger partial charge in [0, 0.05) is 12.2 Å². The molecule has 0 saturated heterocycles.